The smallest absolute Gasteiger partial charge is 0.238 e. The number of hydrogen-bond donors (Lipinski definition) is 1. The van der Waals surface area contributed by atoms with Gasteiger partial charge in [0.15, 0.2) is 0 Å². The molecule has 1 fully saturated rings. The fraction of sp³-hybridized carbons (Fsp3) is 0.278. The molecule has 4 rings (SSSR count). The van der Waals surface area contributed by atoms with Crippen molar-refractivity contribution >= 4 is 31.6 Å². The molecule has 6 heteroatoms. The highest BCUT2D eigenvalue weighted by Crippen LogP contribution is 2.70. The van der Waals surface area contributed by atoms with Crippen LogP contribution < -0.4 is 5.14 Å². The molecule has 3 aromatic rings. The first kappa shape index (κ1) is 15.7. The Morgan fingerprint density at radius 2 is 1.71 bits per heavy atom. The van der Waals surface area contributed by atoms with Crippen molar-refractivity contribution in [3.8, 4) is 0 Å². The average molecular weight is 358 g/mol. The molecular weight excluding hydrogens is 340 g/mol. The van der Waals surface area contributed by atoms with Gasteiger partial charge in [-0.2, -0.15) is 0 Å². The Labute approximate surface area is 145 Å². The van der Waals surface area contributed by atoms with Crippen LogP contribution in [0.3, 0.4) is 0 Å². The third-order valence-corrected chi connectivity index (χ3v) is 7.02. The number of para-hydroxylation sites is 1. The van der Waals surface area contributed by atoms with E-state index in [1.807, 2.05) is 30.3 Å². The lowest BCUT2D eigenvalue weighted by atomic mass is 10.0. The van der Waals surface area contributed by atoms with Crippen molar-refractivity contribution < 1.29 is 8.42 Å². The van der Waals surface area contributed by atoms with E-state index < -0.39 is 10.0 Å². The zero-order valence-electron chi connectivity index (χ0n) is 13.4. The van der Waals surface area contributed by atoms with Crippen molar-refractivity contribution in [1.29, 1.82) is 0 Å². The van der Waals surface area contributed by atoms with E-state index in [0.29, 0.717) is 11.8 Å². The molecule has 1 heterocycles. The standard InChI is InChI=1S/C18H18N2O2S2/c1-18(2)15(11-7-9-12(10-8-11)24(19,21)22)16(18)17-20-13-5-3-4-6-14(13)23-17/h3-10,15-16H,1-2H3,(H2,19,21,22)/t15-,16+/m0/s1. The molecule has 0 bridgehead atoms. The van der Waals surface area contributed by atoms with Gasteiger partial charge in [-0.05, 0) is 41.2 Å². The lowest BCUT2D eigenvalue weighted by Crippen LogP contribution is -2.11. The molecule has 124 valence electrons. The number of primary sulfonamides is 1. The van der Waals surface area contributed by atoms with Gasteiger partial charge in [-0.25, -0.2) is 18.5 Å². The van der Waals surface area contributed by atoms with Crippen LogP contribution in [0, 0.1) is 5.41 Å². The third kappa shape index (κ3) is 2.46. The van der Waals surface area contributed by atoms with E-state index in [0.717, 1.165) is 16.1 Å². The van der Waals surface area contributed by atoms with Crippen molar-refractivity contribution in [2.24, 2.45) is 10.6 Å². The number of rotatable bonds is 3. The largest absolute Gasteiger partial charge is 0.241 e. The molecule has 0 saturated heterocycles. The van der Waals surface area contributed by atoms with Gasteiger partial charge in [-0.3, -0.25) is 0 Å². The molecule has 4 nitrogen and oxygen atoms in total. The summed E-state index contributed by atoms with van der Waals surface area (Å²) < 4.78 is 24.0. The first-order valence-electron chi connectivity index (χ1n) is 7.77. The Kier molecular flexibility index (Phi) is 3.36. The van der Waals surface area contributed by atoms with Gasteiger partial charge < -0.3 is 0 Å². The second-order valence-electron chi connectivity index (χ2n) is 6.91. The van der Waals surface area contributed by atoms with E-state index in [-0.39, 0.29) is 10.3 Å². The summed E-state index contributed by atoms with van der Waals surface area (Å²) in [5.41, 5.74) is 2.29. The van der Waals surface area contributed by atoms with Gasteiger partial charge in [0.2, 0.25) is 10.0 Å². The maximum absolute atomic E-state index is 11.4. The molecule has 0 unspecified atom stereocenters. The molecule has 2 N–H and O–H groups in total. The summed E-state index contributed by atoms with van der Waals surface area (Å²) >= 11 is 1.75. The zero-order chi connectivity index (χ0) is 17.1. The summed E-state index contributed by atoms with van der Waals surface area (Å²) in [5, 5.41) is 6.33. The predicted molar refractivity (Wildman–Crippen MR) is 96.7 cm³/mol. The van der Waals surface area contributed by atoms with E-state index in [2.05, 4.69) is 19.9 Å². The van der Waals surface area contributed by atoms with Crippen LogP contribution in [0.5, 0.6) is 0 Å². The normalized spacial score (nSPS) is 22.6. The van der Waals surface area contributed by atoms with Gasteiger partial charge in [0.05, 0.1) is 20.1 Å². The molecule has 1 aliphatic rings. The molecule has 1 aromatic heterocycles. The molecule has 0 aliphatic heterocycles. The number of fused-ring (bicyclic) bond motifs is 1. The first-order chi connectivity index (χ1) is 11.3. The van der Waals surface area contributed by atoms with Gasteiger partial charge in [-0.1, -0.05) is 38.1 Å². The molecule has 2 aromatic carbocycles. The Balaban J connectivity index is 1.69. The van der Waals surface area contributed by atoms with Crippen LogP contribution in [-0.4, -0.2) is 13.4 Å². The second kappa shape index (κ2) is 5.12. The number of benzene rings is 2. The van der Waals surface area contributed by atoms with Crippen LogP contribution in [0.1, 0.15) is 36.3 Å². The number of aromatic nitrogens is 1. The van der Waals surface area contributed by atoms with Gasteiger partial charge in [0, 0.05) is 5.92 Å². The van der Waals surface area contributed by atoms with Crippen molar-refractivity contribution in [3.63, 3.8) is 0 Å². The Hall–Kier alpha value is -1.76. The van der Waals surface area contributed by atoms with E-state index in [9.17, 15) is 8.42 Å². The summed E-state index contributed by atoms with van der Waals surface area (Å²) in [5.74, 6) is 0.697. The van der Waals surface area contributed by atoms with Crippen LogP contribution in [0.15, 0.2) is 53.4 Å². The molecule has 0 radical (unpaired) electrons. The number of hydrogen-bond acceptors (Lipinski definition) is 4. The number of thiazole rings is 1. The van der Waals surface area contributed by atoms with E-state index in [1.54, 1.807) is 23.5 Å². The second-order valence-corrected chi connectivity index (χ2v) is 9.53. The quantitative estimate of drug-likeness (QED) is 0.773. The number of nitrogens with two attached hydrogens (primary N) is 1. The van der Waals surface area contributed by atoms with Crippen LogP contribution in [0.4, 0.5) is 0 Å². The molecule has 2 atom stereocenters. The van der Waals surface area contributed by atoms with Crippen LogP contribution >= 0.6 is 11.3 Å². The average Bonchev–Trinajstić information content (AvgIpc) is 2.90. The first-order valence-corrected chi connectivity index (χ1v) is 10.1. The molecule has 24 heavy (non-hydrogen) atoms. The topological polar surface area (TPSA) is 73.1 Å². The summed E-state index contributed by atoms with van der Waals surface area (Å²) in [4.78, 5) is 4.96. The lowest BCUT2D eigenvalue weighted by Gasteiger charge is -2.04. The molecule has 1 aliphatic carbocycles. The van der Waals surface area contributed by atoms with Crippen molar-refractivity contribution in [1.82, 2.24) is 4.98 Å². The molecular formula is C18H18N2O2S2. The highest BCUT2D eigenvalue weighted by molar-refractivity contribution is 7.89. The van der Waals surface area contributed by atoms with Crippen molar-refractivity contribution in [3.05, 3.63) is 59.1 Å². The maximum Gasteiger partial charge on any atom is 0.238 e. The van der Waals surface area contributed by atoms with Gasteiger partial charge in [-0.15, -0.1) is 11.3 Å². The van der Waals surface area contributed by atoms with Crippen molar-refractivity contribution in [2.75, 3.05) is 0 Å². The lowest BCUT2D eigenvalue weighted by molar-refractivity contribution is 0.597. The summed E-state index contributed by atoms with van der Waals surface area (Å²) in [6.45, 7) is 4.48. The predicted octanol–water partition coefficient (Wildman–Crippen LogP) is 3.85. The Bertz CT molecular complexity index is 988. The summed E-state index contributed by atoms with van der Waals surface area (Å²) in [6, 6.07) is 15.1. The monoisotopic (exact) mass is 358 g/mol. The minimum absolute atomic E-state index is 0.108. The summed E-state index contributed by atoms with van der Waals surface area (Å²) in [6.07, 6.45) is 0. The maximum atomic E-state index is 11.4. The highest BCUT2D eigenvalue weighted by atomic mass is 32.2. The highest BCUT2D eigenvalue weighted by Gasteiger charge is 2.60. The fourth-order valence-corrected chi connectivity index (χ4v) is 5.43. The molecule has 0 spiro atoms. The summed E-state index contributed by atoms with van der Waals surface area (Å²) in [7, 11) is -3.65. The Morgan fingerprint density at radius 3 is 2.33 bits per heavy atom. The van der Waals surface area contributed by atoms with E-state index in [4.69, 9.17) is 10.1 Å². The minimum Gasteiger partial charge on any atom is -0.241 e. The Morgan fingerprint density at radius 1 is 1.04 bits per heavy atom. The molecule has 1 saturated carbocycles. The van der Waals surface area contributed by atoms with Crippen LogP contribution in [-0.2, 0) is 10.0 Å². The zero-order valence-corrected chi connectivity index (χ0v) is 15.1. The van der Waals surface area contributed by atoms with Crippen LogP contribution in [0.25, 0.3) is 10.2 Å². The number of nitrogens with zero attached hydrogens (tertiary/aromatic N) is 1. The van der Waals surface area contributed by atoms with E-state index >= 15 is 0 Å². The van der Waals surface area contributed by atoms with Gasteiger partial charge in [0.25, 0.3) is 0 Å². The third-order valence-electron chi connectivity index (χ3n) is 4.97. The number of sulfonamides is 1. The van der Waals surface area contributed by atoms with Crippen LogP contribution in [0.2, 0.25) is 0 Å². The van der Waals surface area contributed by atoms with Gasteiger partial charge >= 0.3 is 0 Å². The fourth-order valence-electron chi connectivity index (χ4n) is 3.61. The minimum atomic E-state index is -3.65. The van der Waals surface area contributed by atoms with Gasteiger partial charge in [0.1, 0.15) is 0 Å². The van der Waals surface area contributed by atoms with Crippen molar-refractivity contribution in [2.45, 2.75) is 30.6 Å². The molecule has 0 amide bonds. The SMILES string of the molecule is CC1(C)[C@@H](c2ccc(S(N)(=O)=O)cc2)[C@@H]1c1nc2ccccc2s1. The van der Waals surface area contributed by atoms with E-state index in [1.165, 1.54) is 4.70 Å².